The molecule has 1 aromatic carbocycles. The van der Waals surface area contributed by atoms with E-state index in [1.807, 2.05) is 31.2 Å². The van der Waals surface area contributed by atoms with Crippen LogP contribution in [0, 0.1) is 12.3 Å². The molecular formula is C15H21NO2. The van der Waals surface area contributed by atoms with Crippen molar-refractivity contribution in [2.75, 3.05) is 13.2 Å². The molecule has 0 aromatic heterocycles. The van der Waals surface area contributed by atoms with E-state index in [0.717, 1.165) is 31.2 Å². The molecular weight excluding hydrogens is 226 g/mol. The van der Waals surface area contributed by atoms with Gasteiger partial charge in [-0.1, -0.05) is 30.5 Å². The maximum absolute atomic E-state index is 12.0. The smallest absolute Gasteiger partial charge is 0.251 e. The van der Waals surface area contributed by atoms with E-state index in [2.05, 4.69) is 5.32 Å². The first-order chi connectivity index (χ1) is 8.65. The van der Waals surface area contributed by atoms with Crippen molar-refractivity contribution in [2.45, 2.75) is 32.6 Å². The van der Waals surface area contributed by atoms with Gasteiger partial charge in [0.15, 0.2) is 0 Å². The fraction of sp³-hybridized carbons (Fsp3) is 0.533. The van der Waals surface area contributed by atoms with Crippen LogP contribution in [0.5, 0.6) is 0 Å². The third-order valence-corrected chi connectivity index (χ3v) is 3.90. The molecule has 0 saturated heterocycles. The fourth-order valence-electron chi connectivity index (χ4n) is 2.67. The summed E-state index contributed by atoms with van der Waals surface area (Å²) in [6.45, 7) is 2.72. The van der Waals surface area contributed by atoms with Crippen molar-refractivity contribution in [2.24, 2.45) is 5.41 Å². The van der Waals surface area contributed by atoms with E-state index in [-0.39, 0.29) is 17.9 Å². The lowest BCUT2D eigenvalue weighted by atomic mass is 9.87. The van der Waals surface area contributed by atoms with Gasteiger partial charge < -0.3 is 10.4 Å². The van der Waals surface area contributed by atoms with Gasteiger partial charge in [-0.05, 0) is 31.9 Å². The predicted molar refractivity (Wildman–Crippen MR) is 71.5 cm³/mol. The van der Waals surface area contributed by atoms with Crippen LogP contribution in [0.4, 0.5) is 0 Å². The molecule has 0 atom stereocenters. The number of nitrogens with one attached hydrogen (secondary N) is 1. The molecule has 2 N–H and O–H groups in total. The Bertz CT molecular complexity index is 422. The molecule has 3 heteroatoms. The van der Waals surface area contributed by atoms with Gasteiger partial charge in [0, 0.05) is 17.5 Å². The average molecular weight is 247 g/mol. The molecule has 1 aliphatic rings. The number of hydrogen-bond acceptors (Lipinski definition) is 2. The number of benzene rings is 1. The normalized spacial score (nSPS) is 17.7. The number of amides is 1. The minimum absolute atomic E-state index is 0.0431. The minimum atomic E-state index is -0.0838. The third-order valence-electron chi connectivity index (χ3n) is 3.90. The minimum Gasteiger partial charge on any atom is -0.396 e. The Kier molecular flexibility index (Phi) is 4.02. The van der Waals surface area contributed by atoms with Crippen LogP contribution in [0.25, 0.3) is 0 Å². The number of rotatable bonds is 4. The molecule has 1 saturated carbocycles. The zero-order valence-electron chi connectivity index (χ0n) is 10.9. The Hall–Kier alpha value is -1.35. The van der Waals surface area contributed by atoms with Crippen molar-refractivity contribution in [3.8, 4) is 0 Å². The molecule has 18 heavy (non-hydrogen) atoms. The predicted octanol–water partition coefficient (Wildman–Crippen LogP) is 2.28. The van der Waals surface area contributed by atoms with E-state index in [1.165, 1.54) is 0 Å². The molecule has 1 amide bonds. The topological polar surface area (TPSA) is 49.3 Å². The van der Waals surface area contributed by atoms with Crippen molar-refractivity contribution in [3.05, 3.63) is 35.4 Å². The Morgan fingerprint density at radius 2 is 2.11 bits per heavy atom. The SMILES string of the molecule is Cc1cccc(C(=O)NCC2(CO)CCCC2)c1. The van der Waals surface area contributed by atoms with Crippen LogP contribution in [0.1, 0.15) is 41.6 Å². The van der Waals surface area contributed by atoms with Crippen LogP contribution in [0.3, 0.4) is 0 Å². The number of aliphatic hydroxyl groups is 1. The number of aryl methyl sites for hydroxylation is 1. The lowest BCUT2D eigenvalue weighted by Gasteiger charge is -2.26. The van der Waals surface area contributed by atoms with Gasteiger partial charge in [0.25, 0.3) is 5.91 Å². The lowest BCUT2D eigenvalue weighted by molar-refractivity contribution is 0.0880. The molecule has 0 spiro atoms. The summed E-state index contributed by atoms with van der Waals surface area (Å²) in [6, 6.07) is 7.57. The summed E-state index contributed by atoms with van der Waals surface area (Å²) in [6.07, 6.45) is 4.33. The fourth-order valence-corrected chi connectivity index (χ4v) is 2.67. The van der Waals surface area contributed by atoms with E-state index in [4.69, 9.17) is 0 Å². The summed E-state index contributed by atoms with van der Waals surface area (Å²) < 4.78 is 0. The summed E-state index contributed by atoms with van der Waals surface area (Å²) in [5.74, 6) is -0.0431. The molecule has 98 valence electrons. The Morgan fingerprint density at radius 3 is 2.72 bits per heavy atom. The van der Waals surface area contributed by atoms with Gasteiger partial charge in [-0.15, -0.1) is 0 Å². The molecule has 1 aliphatic carbocycles. The zero-order valence-corrected chi connectivity index (χ0v) is 10.9. The molecule has 1 fully saturated rings. The Balaban J connectivity index is 1.96. The van der Waals surface area contributed by atoms with Crippen LogP contribution in [-0.2, 0) is 0 Å². The van der Waals surface area contributed by atoms with Crippen LogP contribution >= 0.6 is 0 Å². The van der Waals surface area contributed by atoms with Gasteiger partial charge in [-0.3, -0.25) is 4.79 Å². The molecule has 0 aliphatic heterocycles. The van der Waals surface area contributed by atoms with Crippen LogP contribution in [0.15, 0.2) is 24.3 Å². The number of carbonyl (C=O) groups excluding carboxylic acids is 1. The molecule has 0 bridgehead atoms. The van der Waals surface area contributed by atoms with Crippen molar-refractivity contribution in [1.29, 1.82) is 0 Å². The van der Waals surface area contributed by atoms with Gasteiger partial charge >= 0.3 is 0 Å². The van der Waals surface area contributed by atoms with Crippen molar-refractivity contribution in [1.82, 2.24) is 5.32 Å². The van der Waals surface area contributed by atoms with E-state index < -0.39 is 0 Å². The summed E-state index contributed by atoms with van der Waals surface area (Å²) in [5.41, 5.74) is 1.70. The first-order valence-corrected chi connectivity index (χ1v) is 6.61. The number of carbonyl (C=O) groups is 1. The first kappa shape index (κ1) is 13.1. The molecule has 0 radical (unpaired) electrons. The highest BCUT2D eigenvalue weighted by Crippen LogP contribution is 2.36. The third kappa shape index (κ3) is 2.91. The summed E-state index contributed by atoms with van der Waals surface area (Å²) in [7, 11) is 0. The number of hydrogen-bond donors (Lipinski definition) is 2. The second kappa shape index (κ2) is 5.53. The monoisotopic (exact) mass is 247 g/mol. The lowest BCUT2D eigenvalue weighted by Crippen LogP contribution is -2.38. The highest BCUT2D eigenvalue weighted by atomic mass is 16.3. The molecule has 1 aromatic rings. The summed E-state index contributed by atoms with van der Waals surface area (Å²) in [5, 5.41) is 12.5. The van der Waals surface area contributed by atoms with Crippen LogP contribution in [0.2, 0.25) is 0 Å². The average Bonchev–Trinajstić information content (AvgIpc) is 2.85. The van der Waals surface area contributed by atoms with Gasteiger partial charge in [-0.2, -0.15) is 0 Å². The second-order valence-corrected chi connectivity index (χ2v) is 5.42. The van der Waals surface area contributed by atoms with E-state index in [9.17, 15) is 9.90 Å². The Labute approximate surface area is 108 Å². The highest BCUT2D eigenvalue weighted by molar-refractivity contribution is 5.94. The molecule has 3 nitrogen and oxygen atoms in total. The van der Waals surface area contributed by atoms with Gasteiger partial charge in [0.05, 0.1) is 6.61 Å². The van der Waals surface area contributed by atoms with Crippen molar-refractivity contribution in [3.63, 3.8) is 0 Å². The Morgan fingerprint density at radius 1 is 1.39 bits per heavy atom. The maximum Gasteiger partial charge on any atom is 0.251 e. The van der Waals surface area contributed by atoms with E-state index in [1.54, 1.807) is 0 Å². The van der Waals surface area contributed by atoms with Gasteiger partial charge in [0.1, 0.15) is 0 Å². The standard InChI is InChI=1S/C15H21NO2/c1-12-5-4-6-13(9-12)14(18)16-10-15(11-17)7-2-3-8-15/h4-6,9,17H,2-3,7-8,10-11H2,1H3,(H,16,18). The first-order valence-electron chi connectivity index (χ1n) is 6.61. The maximum atomic E-state index is 12.0. The summed E-state index contributed by atoms with van der Waals surface area (Å²) in [4.78, 5) is 12.0. The number of aliphatic hydroxyl groups excluding tert-OH is 1. The van der Waals surface area contributed by atoms with Crippen LogP contribution < -0.4 is 5.32 Å². The van der Waals surface area contributed by atoms with Gasteiger partial charge in [-0.25, -0.2) is 0 Å². The van der Waals surface area contributed by atoms with E-state index in [0.29, 0.717) is 12.1 Å². The van der Waals surface area contributed by atoms with E-state index >= 15 is 0 Å². The zero-order chi connectivity index (χ0) is 13.0. The quantitative estimate of drug-likeness (QED) is 0.857. The molecule has 0 heterocycles. The largest absolute Gasteiger partial charge is 0.396 e. The molecule has 2 rings (SSSR count). The van der Waals surface area contributed by atoms with Crippen LogP contribution in [-0.4, -0.2) is 24.2 Å². The van der Waals surface area contributed by atoms with Gasteiger partial charge in [0.2, 0.25) is 0 Å². The molecule has 0 unspecified atom stereocenters. The second-order valence-electron chi connectivity index (χ2n) is 5.42. The van der Waals surface area contributed by atoms with Crippen molar-refractivity contribution >= 4 is 5.91 Å². The highest BCUT2D eigenvalue weighted by Gasteiger charge is 2.33. The summed E-state index contributed by atoms with van der Waals surface area (Å²) >= 11 is 0. The van der Waals surface area contributed by atoms with Crippen molar-refractivity contribution < 1.29 is 9.90 Å².